The number of hydrogen-bond donors (Lipinski definition) is 0. The van der Waals surface area contributed by atoms with E-state index < -0.39 is 16.1 Å². The average Bonchev–Trinajstić information content (AvgIpc) is 2.65. The Morgan fingerprint density at radius 1 is 0.905 bits per heavy atom. The second kappa shape index (κ2) is 14.8. The monoisotopic (exact) mass is 399 g/mol. The van der Waals surface area contributed by atoms with E-state index in [1.165, 1.54) is 18.8 Å². The van der Waals surface area contributed by atoms with E-state index in [2.05, 4.69) is 83.4 Å². The van der Waals surface area contributed by atoms with E-state index in [1.807, 2.05) is 7.05 Å². The minimum absolute atomic E-state index is 0. The van der Waals surface area contributed by atoms with E-state index in [1.54, 1.807) is 0 Å². The number of rotatable bonds is 4. The minimum atomic E-state index is -0.861. The predicted octanol–water partition coefficient (Wildman–Crippen LogP) is 5.57. The van der Waals surface area contributed by atoms with Gasteiger partial charge in [-0.25, -0.2) is 0 Å². The largest absolute Gasteiger partial charge is 3.00 e. The summed E-state index contributed by atoms with van der Waals surface area (Å²) in [7, 11) is 0.144. The van der Waals surface area contributed by atoms with Crippen LogP contribution in [0.5, 0.6) is 0 Å². The van der Waals surface area contributed by atoms with Crippen molar-refractivity contribution in [3.63, 3.8) is 0 Å². The summed E-state index contributed by atoms with van der Waals surface area (Å²) in [6.07, 6.45) is 10.8. The molecule has 1 aliphatic rings. The Hall–Kier alpha value is 1.28. The standard InChI is InChI=1S/C9H13N.2C4H11Si.Zr/c1-10-8-4-7-9-5-2-3-6-9;2*1-5(2,3)4;/h2-3,5-6H,4,7-8H2,1H3;2*1H2,2-4H3;/q3*-1;+3. The van der Waals surface area contributed by atoms with Crippen LogP contribution in [0.2, 0.25) is 39.3 Å². The summed E-state index contributed by atoms with van der Waals surface area (Å²) in [6, 6.07) is 0. The van der Waals surface area contributed by atoms with Gasteiger partial charge in [-0.15, -0.1) is 22.7 Å². The van der Waals surface area contributed by atoms with Gasteiger partial charge in [0, 0.05) is 0 Å². The number of nitrogens with zero attached hydrogens (tertiary/aromatic N) is 1. The molecule has 1 saturated carbocycles. The van der Waals surface area contributed by atoms with Gasteiger partial charge in [0.15, 0.2) is 0 Å². The van der Waals surface area contributed by atoms with E-state index in [-0.39, 0.29) is 26.2 Å². The van der Waals surface area contributed by atoms with Crippen LogP contribution in [0.25, 0.3) is 5.32 Å². The first-order chi connectivity index (χ1) is 8.93. The molecule has 0 aromatic rings. The molecule has 6 radical (unpaired) electrons. The Bertz CT molecular complexity index is 180. The minimum Gasteiger partial charge on any atom is -0.665 e. The van der Waals surface area contributed by atoms with E-state index in [0.717, 1.165) is 6.54 Å². The van der Waals surface area contributed by atoms with Gasteiger partial charge in [-0.2, -0.15) is 7.05 Å². The molecule has 21 heavy (non-hydrogen) atoms. The summed E-state index contributed by atoms with van der Waals surface area (Å²) in [4.78, 5) is 0. The molecule has 0 aliphatic heterocycles. The van der Waals surface area contributed by atoms with E-state index in [9.17, 15) is 0 Å². The molecule has 120 valence electrons. The first kappa shape index (κ1) is 27.1. The first-order valence-electron chi connectivity index (χ1n) is 7.40. The zero-order chi connectivity index (χ0) is 16.2. The van der Waals surface area contributed by atoms with Gasteiger partial charge in [-0.3, -0.25) is 0 Å². The van der Waals surface area contributed by atoms with Crippen LogP contribution in [0, 0.1) is 44.7 Å². The van der Waals surface area contributed by atoms with Crippen LogP contribution in [0.1, 0.15) is 12.8 Å². The van der Waals surface area contributed by atoms with Crippen molar-refractivity contribution in [3.05, 3.63) is 50.0 Å². The third-order valence-electron chi connectivity index (χ3n) is 1.58. The third-order valence-corrected chi connectivity index (χ3v) is 1.58. The number of hydrogen-bond acceptors (Lipinski definition) is 0. The zero-order valence-corrected chi connectivity index (χ0v) is 19.8. The summed E-state index contributed by atoms with van der Waals surface area (Å²) in [5.74, 6) is 1.43. The van der Waals surface area contributed by atoms with E-state index in [0.29, 0.717) is 0 Å². The molecule has 0 N–H and O–H groups in total. The van der Waals surface area contributed by atoms with Gasteiger partial charge in [0.05, 0.1) is 0 Å². The molecule has 1 nitrogen and oxygen atoms in total. The SMILES string of the molecule is C[N-]CCC[C]1[CH][CH][CH][CH]1.[CH2-][Si](C)(C)C.[CH2-][Si](C)(C)C.[Zr+3]. The Kier molecular flexibility index (Phi) is 19.2. The molecule has 0 heterocycles. The van der Waals surface area contributed by atoms with Crippen LogP contribution in [-0.2, 0) is 26.2 Å². The maximum Gasteiger partial charge on any atom is 3.00 e. The van der Waals surface area contributed by atoms with Gasteiger partial charge in [-0.1, -0.05) is 45.7 Å². The first-order valence-corrected chi connectivity index (χ1v) is 14.8. The molecule has 1 rings (SSSR count). The van der Waals surface area contributed by atoms with Gasteiger partial charge in [0.2, 0.25) is 0 Å². The summed E-state index contributed by atoms with van der Waals surface area (Å²) >= 11 is 0. The van der Waals surface area contributed by atoms with Crippen molar-refractivity contribution in [1.82, 2.24) is 0 Å². The molecule has 0 aromatic carbocycles. The van der Waals surface area contributed by atoms with Crippen LogP contribution in [0.3, 0.4) is 0 Å². The third kappa shape index (κ3) is 44.9. The van der Waals surface area contributed by atoms with Crippen LogP contribution in [0.4, 0.5) is 0 Å². The summed E-state index contributed by atoms with van der Waals surface area (Å²) in [5.41, 5.74) is 0. The molecule has 0 saturated heterocycles. The predicted molar refractivity (Wildman–Crippen MR) is 101 cm³/mol. The van der Waals surface area contributed by atoms with Gasteiger partial charge in [0.1, 0.15) is 0 Å². The van der Waals surface area contributed by atoms with Crippen LogP contribution < -0.4 is 0 Å². The van der Waals surface area contributed by atoms with Crippen molar-refractivity contribution in [2.75, 3.05) is 13.6 Å². The second-order valence-electron chi connectivity index (χ2n) is 7.56. The molecule has 0 amide bonds. The van der Waals surface area contributed by atoms with Crippen molar-refractivity contribution in [3.8, 4) is 0 Å². The average molecular weight is 401 g/mol. The molecule has 0 spiro atoms. The zero-order valence-electron chi connectivity index (χ0n) is 15.3. The van der Waals surface area contributed by atoms with Crippen molar-refractivity contribution >= 4 is 16.1 Å². The van der Waals surface area contributed by atoms with Crippen molar-refractivity contribution in [2.45, 2.75) is 52.1 Å². The summed E-state index contributed by atoms with van der Waals surface area (Å²) in [5, 5.41) is 4.04. The van der Waals surface area contributed by atoms with Gasteiger partial charge >= 0.3 is 26.2 Å². The van der Waals surface area contributed by atoms with Gasteiger partial charge in [-0.05, 0) is 38.0 Å². The van der Waals surface area contributed by atoms with Gasteiger partial charge < -0.3 is 18.4 Å². The molecule has 4 heteroatoms. The van der Waals surface area contributed by atoms with Crippen molar-refractivity contribution in [1.29, 1.82) is 0 Å². The van der Waals surface area contributed by atoms with Crippen molar-refractivity contribution < 1.29 is 26.2 Å². The normalized spacial score (nSPS) is 15.3. The molecule has 0 unspecified atom stereocenters. The topological polar surface area (TPSA) is 14.1 Å². The smallest absolute Gasteiger partial charge is 0.665 e. The second-order valence-corrected chi connectivity index (χ2v) is 17.8. The fourth-order valence-electron chi connectivity index (χ4n) is 1.02. The van der Waals surface area contributed by atoms with Crippen LogP contribution in [-0.4, -0.2) is 29.7 Å². The Balaban J connectivity index is -0.000000254. The summed E-state index contributed by atoms with van der Waals surface area (Å²) < 4.78 is 0. The molecule has 0 atom stereocenters. The van der Waals surface area contributed by atoms with E-state index in [4.69, 9.17) is 0 Å². The van der Waals surface area contributed by atoms with E-state index >= 15 is 0 Å². The molecular formula is C17H35NSi2Zr. The molecular weight excluding hydrogens is 366 g/mol. The Morgan fingerprint density at radius 2 is 1.24 bits per heavy atom. The maximum atomic E-state index is 4.04. The molecule has 1 aliphatic carbocycles. The van der Waals surface area contributed by atoms with Gasteiger partial charge in [0.25, 0.3) is 0 Å². The maximum absolute atomic E-state index is 4.04. The quantitative estimate of drug-likeness (QED) is 0.333. The van der Waals surface area contributed by atoms with Crippen molar-refractivity contribution in [2.24, 2.45) is 0 Å². The van der Waals surface area contributed by atoms with Crippen LogP contribution in [0.15, 0.2) is 0 Å². The fraction of sp³-hybridized carbons (Fsp3) is 0.588. The Morgan fingerprint density at radius 3 is 1.52 bits per heavy atom. The molecule has 0 bridgehead atoms. The fourth-order valence-corrected chi connectivity index (χ4v) is 1.02. The summed E-state index contributed by atoms with van der Waals surface area (Å²) in [6.45, 7) is 22.1. The van der Waals surface area contributed by atoms with Crippen LogP contribution >= 0.6 is 0 Å². The molecule has 1 fully saturated rings. The molecule has 0 aromatic heterocycles. The Labute approximate surface area is 157 Å².